The fourth-order valence-electron chi connectivity index (χ4n) is 2.70. The van der Waals surface area contributed by atoms with E-state index in [2.05, 4.69) is 6.92 Å². The average molecular weight is 269 g/mol. The summed E-state index contributed by atoms with van der Waals surface area (Å²) in [6.45, 7) is 3.96. The molecule has 1 aliphatic heterocycles. The van der Waals surface area contributed by atoms with E-state index in [1.54, 1.807) is 6.26 Å². The normalized spacial score (nSPS) is 16.4. The van der Waals surface area contributed by atoms with Crippen molar-refractivity contribution in [2.75, 3.05) is 13.1 Å². The Bertz CT molecular complexity index is 581. The molecule has 3 rings (SSSR count). The topological polar surface area (TPSA) is 33.5 Å². The molecule has 3 nitrogen and oxygen atoms in total. The third kappa shape index (κ3) is 2.48. The summed E-state index contributed by atoms with van der Waals surface area (Å²) >= 11 is 0. The van der Waals surface area contributed by atoms with Gasteiger partial charge < -0.3 is 9.32 Å². The second kappa shape index (κ2) is 5.53. The van der Waals surface area contributed by atoms with Gasteiger partial charge in [0.25, 0.3) is 5.91 Å². The van der Waals surface area contributed by atoms with Crippen LogP contribution in [0.25, 0.3) is 11.3 Å². The highest BCUT2D eigenvalue weighted by molar-refractivity contribution is 6.00. The number of hydrogen-bond acceptors (Lipinski definition) is 2. The highest BCUT2D eigenvalue weighted by Gasteiger charge is 2.23. The van der Waals surface area contributed by atoms with Crippen molar-refractivity contribution < 1.29 is 9.21 Å². The summed E-state index contributed by atoms with van der Waals surface area (Å²) in [6.07, 6.45) is 3.82. The zero-order valence-electron chi connectivity index (χ0n) is 11.7. The lowest BCUT2D eigenvalue weighted by atomic mass is 9.97. The van der Waals surface area contributed by atoms with Crippen LogP contribution in [0.4, 0.5) is 0 Å². The summed E-state index contributed by atoms with van der Waals surface area (Å²) in [6, 6.07) is 11.4. The van der Waals surface area contributed by atoms with E-state index in [9.17, 15) is 4.79 Å². The van der Waals surface area contributed by atoms with Crippen molar-refractivity contribution in [3.8, 4) is 11.3 Å². The largest absolute Gasteiger partial charge is 0.464 e. The second-order valence-corrected chi connectivity index (χ2v) is 5.50. The molecule has 104 valence electrons. The molecule has 0 aliphatic carbocycles. The molecule has 1 aromatic heterocycles. The number of piperidine rings is 1. The van der Waals surface area contributed by atoms with Crippen molar-refractivity contribution in [2.24, 2.45) is 5.92 Å². The standard InChI is InChI=1S/C17H19NO2/c1-13-8-10-18(11-9-13)17(19)15-6-3-2-5-14(15)16-7-4-12-20-16/h2-7,12-13H,8-11H2,1H3. The molecular weight excluding hydrogens is 250 g/mol. The fraction of sp³-hybridized carbons (Fsp3) is 0.353. The van der Waals surface area contributed by atoms with Gasteiger partial charge in [0, 0.05) is 18.7 Å². The van der Waals surface area contributed by atoms with Crippen LogP contribution in [-0.4, -0.2) is 23.9 Å². The van der Waals surface area contributed by atoms with Crippen molar-refractivity contribution in [3.05, 3.63) is 48.2 Å². The number of carbonyl (C=O) groups excluding carboxylic acids is 1. The van der Waals surface area contributed by atoms with E-state index in [-0.39, 0.29) is 5.91 Å². The smallest absolute Gasteiger partial charge is 0.254 e. The predicted molar refractivity (Wildman–Crippen MR) is 78.4 cm³/mol. The highest BCUT2D eigenvalue weighted by atomic mass is 16.3. The summed E-state index contributed by atoms with van der Waals surface area (Å²) in [5, 5.41) is 0. The second-order valence-electron chi connectivity index (χ2n) is 5.50. The monoisotopic (exact) mass is 269 g/mol. The minimum atomic E-state index is 0.115. The molecule has 1 aromatic carbocycles. The number of nitrogens with zero attached hydrogens (tertiary/aromatic N) is 1. The predicted octanol–water partition coefficient (Wildman–Crippen LogP) is 3.82. The molecule has 0 spiro atoms. The van der Waals surface area contributed by atoms with Crippen molar-refractivity contribution in [2.45, 2.75) is 19.8 Å². The van der Waals surface area contributed by atoms with Gasteiger partial charge in [-0.1, -0.05) is 25.1 Å². The Balaban J connectivity index is 1.89. The summed E-state index contributed by atoms with van der Waals surface area (Å²) in [5.74, 6) is 1.59. The van der Waals surface area contributed by atoms with E-state index in [1.165, 1.54) is 0 Å². The van der Waals surface area contributed by atoms with Crippen molar-refractivity contribution in [1.82, 2.24) is 4.90 Å². The van der Waals surface area contributed by atoms with Gasteiger partial charge in [-0.2, -0.15) is 0 Å². The Kier molecular flexibility index (Phi) is 3.59. The molecule has 2 aromatic rings. The van der Waals surface area contributed by atoms with Crippen LogP contribution in [0.1, 0.15) is 30.1 Å². The third-order valence-electron chi connectivity index (χ3n) is 4.01. The average Bonchev–Trinajstić information content (AvgIpc) is 3.01. The highest BCUT2D eigenvalue weighted by Crippen LogP contribution is 2.26. The van der Waals surface area contributed by atoms with E-state index >= 15 is 0 Å². The maximum Gasteiger partial charge on any atom is 0.254 e. The molecule has 1 aliphatic rings. The first-order valence-corrected chi connectivity index (χ1v) is 7.18. The Morgan fingerprint density at radius 1 is 1.15 bits per heavy atom. The summed E-state index contributed by atoms with van der Waals surface area (Å²) in [7, 11) is 0. The minimum Gasteiger partial charge on any atom is -0.464 e. The molecule has 1 amide bonds. The van der Waals surface area contributed by atoms with Gasteiger partial charge in [-0.25, -0.2) is 0 Å². The molecule has 1 fully saturated rings. The zero-order valence-corrected chi connectivity index (χ0v) is 11.7. The van der Waals surface area contributed by atoms with E-state index in [4.69, 9.17) is 4.42 Å². The number of likely N-dealkylation sites (tertiary alicyclic amines) is 1. The van der Waals surface area contributed by atoms with Crippen LogP contribution in [0, 0.1) is 5.92 Å². The molecule has 1 saturated heterocycles. The first-order chi connectivity index (χ1) is 9.75. The van der Waals surface area contributed by atoms with Gasteiger partial charge in [-0.3, -0.25) is 4.79 Å². The zero-order chi connectivity index (χ0) is 13.9. The van der Waals surface area contributed by atoms with Gasteiger partial charge in [0.15, 0.2) is 0 Å². The van der Waals surface area contributed by atoms with Crippen LogP contribution in [0.15, 0.2) is 47.1 Å². The van der Waals surface area contributed by atoms with Crippen LogP contribution in [0.3, 0.4) is 0 Å². The summed E-state index contributed by atoms with van der Waals surface area (Å²) in [5.41, 5.74) is 1.61. The summed E-state index contributed by atoms with van der Waals surface area (Å²) in [4.78, 5) is 14.7. The van der Waals surface area contributed by atoms with Crippen LogP contribution in [0.5, 0.6) is 0 Å². The molecule has 0 bridgehead atoms. The number of amides is 1. The van der Waals surface area contributed by atoms with E-state index < -0.39 is 0 Å². The van der Waals surface area contributed by atoms with E-state index in [0.29, 0.717) is 0 Å². The van der Waals surface area contributed by atoms with E-state index in [1.807, 2.05) is 41.3 Å². The maximum atomic E-state index is 12.7. The number of furan rings is 1. The molecule has 2 heterocycles. The number of benzene rings is 1. The Morgan fingerprint density at radius 2 is 1.90 bits per heavy atom. The minimum absolute atomic E-state index is 0.115. The van der Waals surface area contributed by atoms with Gasteiger partial charge >= 0.3 is 0 Å². The lowest BCUT2D eigenvalue weighted by Gasteiger charge is -2.30. The molecule has 0 unspecified atom stereocenters. The first kappa shape index (κ1) is 13.0. The molecule has 20 heavy (non-hydrogen) atoms. The Hall–Kier alpha value is -2.03. The Labute approximate surface area is 119 Å². The van der Waals surface area contributed by atoms with Crippen molar-refractivity contribution in [1.29, 1.82) is 0 Å². The van der Waals surface area contributed by atoms with Gasteiger partial charge in [0.2, 0.25) is 0 Å². The molecule has 3 heteroatoms. The SMILES string of the molecule is CC1CCN(C(=O)c2ccccc2-c2ccco2)CC1. The first-order valence-electron chi connectivity index (χ1n) is 7.18. The lowest BCUT2D eigenvalue weighted by molar-refractivity contribution is 0.0698. The fourth-order valence-corrected chi connectivity index (χ4v) is 2.70. The number of rotatable bonds is 2. The van der Waals surface area contributed by atoms with Crippen LogP contribution in [0.2, 0.25) is 0 Å². The van der Waals surface area contributed by atoms with Gasteiger partial charge in [-0.15, -0.1) is 0 Å². The summed E-state index contributed by atoms with van der Waals surface area (Å²) < 4.78 is 5.44. The van der Waals surface area contributed by atoms with Gasteiger partial charge in [0.1, 0.15) is 5.76 Å². The molecule has 0 atom stereocenters. The van der Waals surface area contributed by atoms with Gasteiger partial charge in [-0.05, 0) is 37.0 Å². The van der Waals surface area contributed by atoms with Crippen LogP contribution >= 0.6 is 0 Å². The van der Waals surface area contributed by atoms with Crippen LogP contribution in [-0.2, 0) is 0 Å². The van der Waals surface area contributed by atoms with Crippen molar-refractivity contribution in [3.63, 3.8) is 0 Å². The lowest BCUT2D eigenvalue weighted by Crippen LogP contribution is -2.38. The number of carbonyl (C=O) groups is 1. The van der Waals surface area contributed by atoms with Gasteiger partial charge in [0.05, 0.1) is 11.8 Å². The Morgan fingerprint density at radius 3 is 2.60 bits per heavy atom. The molecule has 0 N–H and O–H groups in total. The molecule has 0 radical (unpaired) electrons. The molecule has 0 saturated carbocycles. The maximum absolute atomic E-state index is 12.7. The quantitative estimate of drug-likeness (QED) is 0.830. The van der Waals surface area contributed by atoms with Crippen LogP contribution < -0.4 is 0 Å². The third-order valence-corrected chi connectivity index (χ3v) is 4.01. The van der Waals surface area contributed by atoms with Crippen molar-refractivity contribution >= 4 is 5.91 Å². The number of hydrogen-bond donors (Lipinski definition) is 0. The molecular formula is C17H19NO2. The van der Waals surface area contributed by atoms with E-state index in [0.717, 1.165) is 48.7 Å².